The van der Waals surface area contributed by atoms with Gasteiger partial charge < -0.3 is 18.9 Å². The molecule has 9 nitrogen and oxygen atoms in total. The van der Waals surface area contributed by atoms with Crippen LogP contribution in [0.2, 0.25) is 0 Å². The fourth-order valence-corrected chi connectivity index (χ4v) is 3.79. The summed E-state index contributed by atoms with van der Waals surface area (Å²) in [6.45, 7) is 2.13. The normalized spacial score (nSPS) is 14.9. The van der Waals surface area contributed by atoms with Crippen LogP contribution < -0.4 is 14.2 Å². The minimum Gasteiger partial charge on any atom is -0.493 e. The number of Topliss-reactive ketones (excluding diaryl/α,β-unsaturated/α-hetero) is 1. The second kappa shape index (κ2) is 9.47. The lowest BCUT2D eigenvalue weighted by atomic mass is 10.1. The number of halogens is 3. The van der Waals surface area contributed by atoms with Crippen LogP contribution in [-0.4, -0.2) is 79.5 Å². The zero-order valence-corrected chi connectivity index (χ0v) is 18.8. The monoisotopic (exact) mass is 480 g/mol. The molecule has 1 fully saturated rings. The number of methoxy groups -OCH3 is 3. The first-order valence-electron chi connectivity index (χ1n) is 10.4. The van der Waals surface area contributed by atoms with E-state index >= 15 is 0 Å². The van der Waals surface area contributed by atoms with Crippen molar-refractivity contribution in [3.63, 3.8) is 0 Å². The summed E-state index contributed by atoms with van der Waals surface area (Å²) in [5.74, 6) is 0.421. The van der Waals surface area contributed by atoms with Crippen molar-refractivity contribution in [3.8, 4) is 28.5 Å². The number of hydrogen-bond acceptors (Lipinski definition) is 8. The van der Waals surface area contributed by atoms with E-state index in [0.717, 1.165) is 12.3 Å². The van der Waals surface area contributed by atoms with Gasteiger partial charge in [-0.2, -0.15) is 18.3 Å². The fourth-order valence-electron chi connectivity index (χ4n) is 3.79. The van der Waals surface area contributed by atoms with Crippen molar-refractivity contribution in [1.82, 2.24) is 19.5 Å². The molecular weight excluding hydrogens is 457 g/mol. The van der Waals surface area contributed by atoms with Gasteiger partial charge in [-0.3, -0.25) is 9.69 Å². The van der Waals surface area contributed by atoms with Gasteiger partial charge in [0.2, 0.25) is 5.75 Å². The minimum absolute atomic E-state index is 0.00582. The highest BCUT2D eigenvalue weighted by atomic mass is 19.4. The van der Waals surface area contributed by atoms with Crippen molar-refractivity contribution in [2.45, 2.75) is 6.18 Å². The molecule has 0 unspecified atom stereocenters. The van der Waals surface area contributed by atoms with Crippen molar-refractivity contribution in [2.24, 2.45) is 0 Å². The number of carbonyl (C=O) groups excluding carboxylic acids is 1. The summed E-state index contributed by atoms with van der Waals surface area (Å²) in [7, 11) is 4.22. The van der Waals surface area contributed by atoms with Crippen LogP contribution in [0.4, 0.5) is 13.2 Å². The number of hydrogen-bond donors (Lipinski definition) is 0. The summed E-state index contributed by atoms with van der Waals surface area (Å²) in [4.78, 5) is 19.2. The molecule has 0 aliphatic carbocycles. The summed E-state index contributed by atoms with van der Waals surface area (Å²) < 4.78 is 63.7. The molecule has 0 bridgehead atoms. The first kappa shape index (κ1) is 23.8. The van der Waals surface area contributed by atoms with Crippen LogP contribution >= 0.6 is 0 Å². The quantitative estimate of drug-likeness (QED) is 0.477. The van der Waals surface area contributed by atoms with E-state index in [0.29, 0.717) is 30.8 Å². The van der Waals surface area contributed by atoms with Crippen molar-refractivity contribution in [2.75, 3.05) is 54.2 Å². The number of rotatable bonds is 7. The standard InChI is InChI=1S/C22H23F3N4O5/c1-31-17-8-13(9-18(32-2)20(17)33-3)15-10-19(22(23,24)25)29-21(27-15)14(11-26-29)16(30)12-28-4-6-34-7-5-28/h8-11H,4-7,12H2,1-3H3. The van der Waals surface area contributed by atoms with E-state index < -0.39 is 11.9 Å². The molecule has 3 aromatic rings. The lowest BCUT2D eigenvalue weighted by Gasteiger charge is -2.25. The molecule has 34 heavy (non-hydrogen) atoms. The fraction of sp³-hybridized carbons (Fsp3) is 0.409. The zero-order valence-electron chi connectivity index (χ0n) is 18.8. The molecule has 4 rings (SSSR count). The van der Waals surface area contributed by atoms with E-state index in [-0.39, 0.29) is 52.0 Å². The van der Waals surface area contributed by atoms with Crippen LogP contribution in [0.1, 0.15) is 16.1 Å². The lowest BCUT2D eigenvalue weighted by Crippen LogP contribution is -2.39. The third-order valence-corrected chi connectivity index (χ3v) is 5.49. The molecule has 0 atom stereocenters. The van der Waals surface area contributed by atoms with E-state index in [9.17, 15) is 18.0 Å². The van der Waals surface area contributed by atoms with Crippen molar-refractivity contribution < 1.29 is 36.9 Å². The van der Waals surface area contributed by atoms with Gasteiger partial charge in [0.1, 0.15) is 0 Å². The number of aromatic nitrogens is 3. The Morgan fingerprint density at radius 2 is 1.71 bits per heavy atom. The van der Waals surface area contributed by atoms with Crippen molar-refractivity contribution in [3.05, 3.63) is 35.7 Å². The number of fused-ring (bicyclic) bond motifs is 1. The zero-order chi connectivity index (χ0) is 24.5. The average Bonchev–Trinajstić information content (AvgIpc) is 3.26. The highest BCUT2D eigenvalue weighted by Gasteiger charge is 2.36. The van der Waals surface area contributed by atoms with Gasteiger partial charge in [0.25, 0.3) is 0 Å². The Hall–Kier alpha value is -3.38. The van der Waals surface area contributed by atoms with Gasteiger partial charge in [0.15, 0.2) is 28.6 Å². The molecule has 1 aromatic carbocycles. The maximum atomic E-state index is 13.9. The third kappa shape index (κ3) is 4.50. The van der Waals surface area contributed by atoms with Gasteiger partial charge >= 0.3 is 6.18 Å². The summed E-state index contributed by atoms with van der Waals surface area (Å²) >= 11 is 0. The Balaban J connectivity index is 1.85. The molecule has 12 heteroatoms. The summed E-state index contributed by atoms with van der Waals surface area (Å²) in [6.07, 6.45) is -3.62. The Kier molecular flexibility index (Phi) is 6.62. The maximum Gasteiger partial charge on any atom is 0.433 e. The van der Waals surface area contributed by atoms with E-state index in [1.807, 2.05) is 4.90 Å². The average molecular weight is 480 g/mol. The van der Waals surface area contributed by atoms with Gasteiger partial charge in [-0.1, -0.05) is 0 Å². The van der Waals surface area contributed by atoms with Gasteiger partial charge in [-0.25, -0.2) is 9.50 Å². The lowest BCUT2D eigenvalue weighted by molar-refractivity contribution is -0.142. The van der Waals surface area contributed by atoms with Crippen LogP contribution in [0.5, 0.6) is 17.2 Å². The number of morpholine rings is 1. The number of ether oxygens (including phenoxy) is 4. The van der Waals surface area contributed by atoms with Gasteiger partial charge in [-0.05, 0) is 18.2 Å². The number of carbonyl (C=O) groups is 1. The molecule has 182 valence electrons. The molecule has 3 heterocycles. The van der Waals surface area contributed by atoms with Crippen LogP contribution in [-0.2, 0) is 10.9 Å². The Morgan fingerprint density at radius 3 is 2.26 bits per heavy atom. The predicted molar refractivity (Wildman–Crippen MR) is 115 cm³/mol. The Labute approximate surface area is 193 Å². The summed E-state index contributed by atoms with van der Waals surface area (Å²) in [5.41, 5.74) is -0.981. The minimum atomic E-state index is -4.74. The Bertz CT molecular complexity index is 1180. The molecule has 0 radical (unpaired) electrons. The number of nitrogens with zero attached hydrogens (tertiary/aromatic N) is 4. The SMILES string of the molecule is COc1cc(-c2cc(C(F)(F)F)n3ncc(C(=O)CN4CCOCC4)c3n2)cc(OC)c1OC. The predicted octanol–water partition coefficient (Wildman–Crippen LogP) is 2.96. The smallest absolute Gasteiger partial charge is 0.433 e. The Morgan fingerprint density at radius 1 is 1.06 bits per heavy atom. The van der Waals surface area contributed by atoms with Crippen LogP contribution in [0.3, 0.4) is 0 Å². The van der Waals surface area contributed by atoms with E-state index in [1.54, 1.807) is 0 Å². The first-order valence-corrected chi connectivity index (χ1v) is 10.4. The maximum absolute atomic E-state index is 13.9. The number of ketones is 1. The summed E-state index contributed by atoms with van der Waals surface area (Å²) in [5, 5.41) is 3.83. The van der Waals surface area contributed by atoms with E-state index in [1.165, 1.54) is 33.5 Å². The van der Waals surface area contributed by atoms with Gasteiger partial charge in [0.05, 0.1) is 58.5 Å². The van der Waals surface area contributed by atoms with Crippen molar-refractivity contribution in [1.29, 1.82) is 0 Å². The topological polar surface area (TPSA) is 87.4 Å². The molecule has 1 aliphatic rings. The highest BCUT2D eigenvalue weighted by molar-refractivity contribution is 6.02. The third-order valence-electron chi connectivity index (χ3n) is 5.49. The molecule has 0 amide bonds. The molecule has 2 aromatic heterocycles. The van der Waals surface area contributed by atoms with E-state index in [4.69, 9.17) is 18.9 Å². The molecule has 0 N–H and O–H groups in total. The highest BCUT2D eigenvalue weighted by Crippen LogP contribution is 2.42. The largest absolute Gasteiger partial charge is 0.493 e. The number of benzene rings is 1. The van der Waals surface area contributed by atoms with Gasteiger partial charge in [0, 0.05) is 18.7 Å². The molecule has 0 spiro atoms. The van der Waals surface area contributed by atoms with E-state index in [2.05, 4.69) is 10.1 Å². The molecule has 1 saturated heterocycles. The first-order chi connectivity index (χ1) is 16.3. The molecule has 0 saturated carbocycles. The second-order valence-corrected chi connectivity index (χ2v) is 7.54. The van der Waals surface area contributed by atoms with Crippen LogP contribution in [0.25, 0.3) is 16.9 Å². The van der Waals surface area contributed by atoms with Gasteiger partial charge in [-0.15, -0.1) is 0 Å². The van der Waals surface area contributed by atoms with Crippen LogP contribution in [0, 0.1) is 0 Å². The van der Waals surface area contributed by atoms with Crippen LogP contribution in [0.15, 0.2) is 24.4 Å². The number of alkyl halides is 3. The molecular formula is C22H23F3N4O5. The summed E-state index contributed by atoms with van der Waals surface area (Å²) in [6, 6.07) is 3.86. The van der Waals surface area contributed by atoms with Crippen molar-refractivity contribution >= 4 is 11.4 Å². The molecule has 1 aliphatic heterocycles. The second-order valence-electron chi connectivity index (χ2n) is 7.54.